The van der Waals surface area contributed by atoms with Gasteiger partial charge in [-0.3, -0.25) is 9.59 Å². The number of aliphatic hydroxyl groups excluding tert-OH is 1. The first-order valence-electron chi connectivity index (χ1n) is 23.9. The fourth-order valence-electron chi connectivity index (χ4n) is 8.59. The van der Waals surface area contributed by atoms with Crippen LogP contribution in [0.1, 0.15) is 114 Å². The number of unbranched alkanes of at least 4 members (excludes halogenated alkanes) is 3. The lowest BCUT2D eigenvalue weighted by molar-refractivity contribution is -0.145. The highest BCUT2D eigenvalue weighted by Crippen LogP contribution is 2.39. The number of aliphatic hydroxyl groups is 1. The molecule has 0 bridgehead atoms. The Bertz CT molecular complexity index is 2110. The summed E-state index contributed by atoms with van der Waals surface area (Å²) in [6, 6.07) is 21.2. The number of anilines is 1. The maximum absolute atomic E-state index is 13.8. The largest absolute Gasteiger partial charge is 0.494 e. The number of ether oxygens (including phenoxy) is 6. The Morgan fingerprint density at radius 2 is 1.47 bits per heavy atom. The number of benzene rings is 3. The summed E-state index contributed by atoms with van der Waals surface area (Å²) in [7, 11) is 0. The molecule has 14 heteroatoms. The van der Waals surface area contributed by atoms with Crippen LogP contribution in [0.15, 0.2) is 84.5 Å². The Balaban J connectivity index is 1.04. The number of nitrogens with zero attached hydrogens (tertiary/aromatic N) is 3. The van der Waals surface area contributed by atoms with Crippen LogP contribution in [0, 0.1) is 17.8 Å². The molecule has 3 aromatic carbocycles. The van der Waals surface area contributed by atoms with E-state index in [-0.39, 0.29) is 37.0 Å². The second-order valence-electron chi connectivity index (χ2n) is 17.1. The fourth-order valence-corrected chi connectivity index (χ4v) is 9.54. The lowest BCUT2D eigenvalue weighted by atomic mass is 9.77. The van der Waals surface area contributed by atoms with Crippen LogP contribution < -0.4 is 19.2 Å². The first-order valence-corrected chi connectivity index (χ1v) is 24.7. The van der Waals surface area contributed by atoms with Crippen molar-refractivity contribution in [1.82, 2.24) is 4.98 Å². The third-order valence-electron chi connectivity index (χ3n) is 12.3. The van der Waals surface area contributed by atoms with Gasteiger partial charge in [-0.2, -0.15) is 5.10 Å². The van der Waals surface area contributed by atoms with E-state index in [0.29, 0.717) is 88.4 Å². The standard InChI is InChI=1S/C52H67N3O10S/c1-3-11-38-14-16-39(17-15-38)42-22-27-47(43(36-42)37-53-55(28-32-60-34-35-61-33-29-56)52-54-46-12-7-8-13-48(46)66-52)65-51(59)41-20-18-40(19-21-41)50(58)64-45-25-23-44(24-26-45)62-30-9-5-6-10-31-63-49(57)4-2/h4,7-8,12-13,22-27,36-41,56H,2-3,5-6,9-11,14-21,28-35H2,1H3/b53-37+. The molecule has 0 amide bonds. The number of rotatable bonds is 27. The predicted octanol–water partition coefficient (Wildman–Crippen LogP) is 10.2. The van der Waals surface area contributed by atoms with Crippen molar-refractivity contribution in [3.05, 3.63) is 90.5 Å². The average Bonchev–Trinajstić information content (AvgIpc) is 3.78. The van der Waals surface area contributed by atoms with Crippen molar-refractivity contribution in [1.29, 1.82) is 0 Å². The van der Waals surface area contributed by atoms with E-state index in [1.807, 2.05) is 35.3 Å². The summed E-state index contributed by atoms with van der Waals surface area (Å²) in [5.74, 6) is 1.13. The van der Waals surface area contributed by atoms with Gasteiger partial charge < -0.3 is 33.5 Å². The topological polar surface area (TPSA) is 155 Å². The number of para-hydroxylation sites is 1. The van der Waals surface area contributed by atoms with Crippen LogP contribution in [-0.4, -0.2) is 87.0 Å². The minimum atomic E-state index is -0.398. The smallest absolute Gasteiger partial charge is 0.330 e. The molecule has 13 nitrogen and oxygen atoms in total. The van der Waals surface area contributed by atoms with Gasteiger partial charge >= 0.3 is 17.9 Å². The SMILES string of the molecule is C=CC(=O)OCCCCCCOc1ccc(OC(=O)C2CCC(C(=O)Oc3ccc(C4CCC(CCC)CC4)cc3/C=N/N(CCOCCOCCO)c3nc4ccccc4s3)CC2)cc1. The van der Waals surface area contributed by atoms with Gasteiger partial charge in [-0.15, -0.1) is 0 Å². The van der Waals surface area contributed by atoms with E-state index in [4.69, 9.17) is 43.6 Å². The Labute approximate surface area is 393 Å². The van der Waals surface area contributed by atoms with Crippen LogP contribution in [-0.2, 0) is 28.6 Å². The number of esters is 3. The lowest BCUT2D eigenvalue weighted by Gasteiger charge is -2.29. The zero-order chi connectivity index (χ0) is 46.4. The molecular weight excluding hydrogens is 859 g/mol. The molecule has 2 aliphatic carbocycles. The molecule has 0 unspecified atom stereocenters. The van der Waals surface area contributed by atoms with E-state index in [1.165, 1.54) is 37.3 Å². The number of hydrazone groups is 1. The number of aromatic nitrogens is 1. The van der Waals surface area contributed by atoms with Gasteiger partial charge in [0.05, 0.1) is 81.1 Å². The number of hydrogen-bond acceptors (Lipinski definition) is 14. The van der Waals surface area contributed by atoms with Crippen LogP contribution in [0.2, 0.25) is 0 Å². The van der Waals surface area contributed by atoms with Crippen molar-refractivity contribution >= 4 is 50.8 Å². The van der Waals surface area contributed by atoms with Crippen molar-refractivity contribution in [3.8, 4) is 17.2 Å². The van der Waals surface area contributed by atoms with Crippen LogP contribution in [0.4, 0.5) is 5.13 Å². The van der Waals surface area contributed by atoms with E-state index in [2.05, 4.69) is 25.6 Å². The zero-order valence-corrected chi connectivity index (χ0v) is 39.3. The zero-order valence-electron chi connectivity index (χ0n) is 38.4. The van der Waals surface area contributed by atoms with Crippen molar-refractivity contribution < 1.29 is 47.9 Å². The molecule has 1 heterocycles. The Morgan fingerprint density at radius 1 is 0.788 bits per heavy atom. The summed E-state index contributed by atoms with van der Waals surface area (Å²) in [4.78, 5) is 43.1. The second-order valence-corrected chi connectivity index (χ2v) is 18.1. The molecule has 1 aromatic heterocycles. The Hall–Kier alpha value is -5.15. The van der Waals surface area contributed by atoms with Gasteiger partial charge in [-0.1, -0.05) is 55.9 Å². The highest BCUT2D eigenvalue weighted by Gasteiger charge is 2.33. The van der Waals surface area contributed by atoms with Gasteiger partial charge in [-0.25, -0.2) is 14.8 Å². The summed E-state index contributed by atoms with van der Waals surface area (Å²) in [6.07, 6.45) is 15.8. The van der Waals surface area contributed by atoms with Gasteiger partial charge in [-0.05, 0) is 143 Å². The third-order valence-corrected chi connectivity index (χ3v) is 13.4. The Morgan fingerprint density at radius 3 is 2.17 bits per heavy atom. The van der Waals surface area contributed by atoms with Gasteiger partial charge in [0, 0.05) is 11.6 Å². The van der Waals surface area contributed by atoms with Crippen molar-refractivity contribution in [2.24, 2.45) is 22.9 Å². The van der Waals surface area contributed by atoms with E-state index in [9.17, 15) is 14.4 Å². The number of hydrogen-bond donors (Lipinski definition) is 1. The molecule has 0 saturated heterocycles. The highest BCUT2D eigenvalue weighted by atomic mass is 32.1. The van der Waals surface area contributed by atoms with E-state index < -0.39 is 5.97 Å². The first-order chi connectivity index (χ1) is 32.3. The van der Waals surface area contributed by atoms with E-state index >= 15 is 0 Å². The highest BCUT2D eigenvalue weighted by molar-refractivity contribution is 7.22. The van der Waals surface area contributed by atoms with Crippen LogP contribution in [0.25, 0.3) is 10.2 Å². The van der Waals surface area contributed by atoms with E-state index in [1.54, 1.807) is 41.8 Å². The Kier molecular flexibility index (Phi) is 20.9. The van der Waals surface area contributed by atoms with Gasteiger partial charge in [0.25, 0.3) is 0 Å². The fraction of sp³-hybridized carbons (Fsp3) is 0.519. The molecule has 0 spiro atoms. The molecule has 0 aliphatic heterocycles. The number of carbonyl (C=O) groups is 3. The molecule has 1 N–H and O–H groups in total. The molecule has 66 heavy (non-hydrogen) atoms. The molecule has 6 rings (SSSR count). The quantitative estimate of drug-likeness (QED) is 0.0151. The summed E-state index contributed by atoms with van der Waals surface area (Å²) < 4.78 is 35.1. The van der Waals surface area contributed by atoms with Gasteiger partial charge in [0.2, 0.25) is 5.13 Å². The number of fused-ring (bicyclic) bond motifs is 1. The summed E-state index contributed by atoms with van der Waals surface area (Å²) >= 11 is 1.55. The molecule has 2 saturated carbocycles. The molecule has 0 atom stereocenters. The minimum absolute atomic E-state index is 0.0328. The molecule has 356 valence electrons. The van der Waals surface area contributed by atoms with E-state index in [0.717, 1.165) is 65.4 Å². The number of thiazole rings is 1. The van der Waals surface area contributed by atoms with Gasteiger partial charge in [0.15, 0.2) is 0 Å². The summed E-state index contributed by atoms with van der Waals surface area (Å²) in [5, 5.41) is 16.5. The molecule has 4 aromatic rings. The molecule has 2 aliphatic rings. The van der Waals surface area contributed by atoms with Crippen LogP contribution >= 0.6 is 11.3 Å². The maximum Gasteiger partial charge on any atom is 0.330 e. The van der Waals surface area contributed by atoms with Gasteiger partial charge in [0.1, 0.15) is 17.2 Å². The number of carbonyl (C=O) groups excluding carboxylic acids is 3. The van der Waals surface area contributed by atoms with Crippen molar-refractivity contribution in [2.75, 3.05) is 57.8 Å². The lowest BCUT2D eigenvalue weighted by Crippen LogP contribution is -2.30. The van der Waals surface area contributed by atoms with Crippen LogP contribution in [0.5, 0.6) is 17.2 Å². The third kappa shape index (κ3) is 16.0. The summed E-state index contributed by atoms with van der Waals surface area (Å²) in [5.41, 5.74) is 2.83. The van der Waals surface area contributed by atoms with Crippen molar-refractivity contribution in [2.45, 2.75) is 103 Å². The normalized spacial score (nSPS) is 18.5. The van der Waals surface area contributed by atoms with Crippen LogP contribution in [0.3, 0.4) is 0 Å². The predicted molar refractivity (Wildman–Crippen MR) is 258 cm³/mol. The summed E-state index contributed by atoms with van der Waals surface area (Å²) in [6.45, 7) is 8.41. The monoisotopic (exact) mass is 925 g/mol. The minimum Gasteiger partial charge on any atom is -0.494 e. The average molecular weight is 926 g/mol. The molecular formula is C52H67N3O10S. The second kappa shape index (κ2) is 27.5. The first kappa shape index (κ1) is 50.3. The molecule has 2 fully saturated rings. The molecule has 0 radical (unpaired) electrons. The van der Waals surface area contributed by atoms with Crippen molar-refractivity contribution in [3.63, 3.8) is 0 Å². The maximum atomic E-state index is 13.8.